The first-order valence-electron chi connectivity index (χ1n) is 7.76. The van der Waals surface area contributed by atoms with Gasteiger partial charge in [-0.15, -0.1) is 11.8 Å². The van der Waals surface area contributed by atoms with Gasteiger partial charge in [-0.1, -0.05) is 30.3 Å². The van der Waals surface area contributed by atoms with Crippen molar-refractivity contribution in [2.45, 2.75) is 18.4 Å². The number of thioether (sulfide) groups is 1. The van der Waals surface area contributed by atoms with E-state index in [0.717, 1.165) is 5.56 Å². The van der Waals surface area contributed by atoms with Gasteiger partial charge in [0.05, 0.1) is 5.56 Å². The Morgan fingerprint density at radius 1 is 1.08 bits per heavy atom. The van der Waals surface area contributed by atoms with Crippen LogP contribution in [0.3, 0.4) is 0 Å². The normalized spacial score (nSPS) is 11.2. The maximum absolute atomic E-state index is 10.0. The van der Waals surface area contributed by atoms with E-state index in [1.165, 1.54) is 4.90 Å². The molecular formula is C19H19N3OS. The van der Waals surface area contributed by atoms with Gasteiger partial charge in [0.25, 0.3) is 0 Å². The molecule has 0 aliphatic rings. The number of aryl methyl sites for hydroxylation is 1. The maximum atomic E-state index is 10.0. The number of benzene rings is 2. The van der Waals surface area contributed by atoms with Gasteiger partial charge >= 0.3 is 0 Å². The van der Waals surface area contributed by atoms with Crippen molar-refractivity contribution in [3.05, 3.63) is 59.9 Å². The average molecular weight is 337 g/mol. The van der Waals surface area contributed by atoms with Crippen molar-refractivity contribution in [3.63, 3.8) is 0 Å². The Kier molecular flexibility index (Phi) is 5.01. The summed E-state index contributed by atoms with van der Waals surface area (Å²) < 4.78 is 1.80. The molecule has 0 spiro atoms. The monoisotopic (exact) mass is 337 g/mol. The van der Waals surface area contributed by atoms with Crippen LogP contribution in [0.2, 0.25) is 0 Å². The fourth-order valence-corrected chi connectivity index (χ4v) is 2.81. The van der Waals surface area contributed by atoms with E-state index >= 15 is 0 Å². The van der Waals surface area contributed by atoms with Crippen molar-refractivity contribution < 1.29 is 5.11 Å². The van der Waals surface area contributed by atoms with Crippen LogP contribution in [-0.2, 0) is 6.54 Å². The van der Waals surface area contributed by atoms with Gasteiger partial charge in [-0.05, 0) is 49.1 Å². The van der Waals surface area contributed by atoms with E-state index in [-0.39, 0.29) is 5.75 Å². The van der Waals surface area contributed by atoms with E-state index < -0.39 is 0 Å². The molecule has 1 aromatic heterocycles. The molecule has 1 heterocycles. The highest BCUT2D eigenvalue weighted by Crippen LogP contribution is 2.27. The zero-order chi connectivity index (χ0) is 16.9. The fraction of sp³-hybridized carbons (Fsp3) is 0.158. The van der Waals surface area contributed by atoms with E-state index in [1.807, 2.05) is 31.2 Å². The van der Waals surface area contributed by atoms with Gasteiger partial charge in [0, 0.05) is 11.4 Å². The van der Waals surface area contributed by atoms with E-state index in [2.05, 4.69) is 40.6 Å². The molecule has 0 saturated carbocycles. The number of nitrogens with zero attached hydrogens (tertiary/aromatic N) is 3. The predicted octanol–water partition coefficient (Wildman–Crippen LogP) is 4.56. The molecule has 0 fully saturated rings. The van der Waals surface area contributed by atoms with Crippen molar-refractivity contribution in [3.8, 4) is 17.1 Å². The zero-order valence-electron chi connectivity index (χ0n) is 13.7. The van der Waals surface area contributed by atoms with E-state index in [9.17, 15) is 5.11 Å². The molecule has 0 aliphatic carbocycles. The Morgan fingerprint density at radius 2 is 1.83 bits per heavy atom. The molecule has 2 aromatic carbocycles. The standard InChI is InChI=1S/C19H19N3OS/c1-3-22-19(16-6-4-5-7-17(16)23)20-18(21-22)13-10-14-8-11-15(24-2)12-9-14/h4-13,23H,3H2,1-2H3/b13-10+. The van der Waals surface area contributed by atoms with Crippen LogP contribution in [-0.4, -0.2) is 26.1 Å². The second-order valence-electron chi connectivity index (χ2n) is 5.23. The molecule has 122 valence electrons. The average Bonchev–Trinajstić information content (AvgIpc) is 3.04. The summed E-state index contributed by atoms with van der Waals surface area (Å²) in [5.74, 6) is 1.51. The van der Waals surface area contributed by atoms with Gasteiger partial charge in [-0.3, -0.25) is 0 Å². The second-order valence-corrected chi connectivity index (χ2v) is 6.11. The number of aromatic hydroxyl groups is 1. The van der Waals surface area contributed by atoms with Crippen molar-refractivity contribution >= 4 is 23.9 Å². The molecule has 0 saturated heterocycles. The summed E-state index contributed by atoms with van der Waals surface area (Å²) in [6.07, 6.45) is 5.95. The first-order chi connectivity index (χ1) is 11.7. The quantitative estimate of drug-likeness (QED) is 0.693. The predicted molar refractivity (Wildman–Crippen MR) is 99.9 cm³/mol. The summed E-state index contributed by atoms with van der Waals surface area (Å²) in [7, 11) is 0. The lowest BCUT2D eigenvalue weighted by molar-refractivity contribution is 0.476. The molecule has 4 nitrogen and oxygen atoms in total. The first-order valence-corrected chi connectivity index (χ1v) is 8.99. The van der Waals surface area contributed by atoms with Crippen LogP contribution in [0, 0.1) is 0 Å². The fourth-order valence-electron chi connectivity index (χ4n) is 2.40. The molecule has 1 N–H and O–H groups in total. The summed E-state index contributed by atoms with van der Waals surface area (Å²) in [5.41, 5.74) is 1.79. The van der Waals surface area contributed by atoms with Crippen LogP contribution in [0.1, 0.15) is 18.3 Å². The number of phenolic OH excluding ortho intramolecular Hbond substituents is 1. The highest BCUT2D eigenvalue weighted by Gasteiger charge is 2.12. The molecule has 0 aliphatic heterocycles. The molecule has 0 unspecified atom stereocenters. The highest BCUT2D eigenvalue weighted by molar-refractivity contribution is 7.98. The third-order valence-corrected chi connectivity index (χ3v) is 4.42. The number of hydrogen-bond donors (Lipinski definition) is 1. The number of hydrogen-bond acceptors (Lipinski definition) is 4. The topological polar surface area (TPSA) is 50.9 Å². The second kappa shape index (κ2) is 7.36. The van der Waals surface area contributed by atoms with Crippen LogP contribution in [0.5, 0.6) is 5.75 Å². The van der Waals surface area contributed by atoms with Gasteiger partial charge in [0.1, 0.15) is 5.75 Å². The molecule has 24 heavy (non-hydrogen) atoms. The van der Waals surface area contributed by atoms with Crippen molar-refractivity contribution in [1.29, 1.82) is 0 Å². The van der Waals surface area contributed by atoms with Gasteiger partial charge in [-0.2, -0.15) is 5.10 Å². The van der Waals surface area contributed by atoms with Crippen LogP contribution in [0.4, 0.5) is 0 Å². The summed E-state index contributed by atoms with van der Waals surface area (Å²) in [4.78, 5) is 5.80. The minimum Gasteiger partial charge on any atom is -0.507 e. The SMILES string of the molecule is CCn1nc(/C=C/c2ccc(SC)cc2)nc1-c1ccccc1O. The van der Waals surface area contributed by atoms with Crippen molar-refractivity contribution in [1.82, 2.24) is 14.8 Å². The number of aromatic nitrogens is 3. The Morgan fingerprint density at radius 3 is 2.50 bits per heavy atom. The molecule has 0 amide bonds. The Bertz CT molecular complexity index is 853. The van der Waals surface area contributed by atoms with E-state index in [4.69, 9.17) is 0 Å². The summed E-state index contributed by atoms with van der Waals surface area (Å²) in [6.45, 7) is 2.69. The van der Waals surface area contributed by atoms with E-state index in [1.54, 1.807) is 28.6 Å². The third-order valence-electron chi connectivity index (χ3n) is 3.67. The van der Waals surface area contributed by atoms with Crippen LogP contribution in [0.15, 0.2) is 53.4 Å². The first kappa shape index (κ1) is 16.3. The zero-order valence-corrected chi connectivity index (χ0v) is 14.5. The highest BCUT2D eigenvalue weighted by atomic mass is 32.2. The smallest absolute Gasteiger partial charge is 0.174 e. The minimum atomic E-state index is 0.211. The Balaban J connectivity index is 1.89. The van der Waals surface area contributed by atoms with Gasteiger partial charge < -0.3 is 5.11 Å². The summed E-state index contributed by atoms with van der Waals surface area (Å²) in [5, 5.41) is 14.5. The maximum Gasteiger partial charge on any atom is 0.174 e. The lowest BCUT2D eigenvalue weighted by Gasteiger charge is -2.04. The molecular weight excluding hydrogens is 318 g/mol. The van der Waals surface area contributed by atoms with Crippen LogP contribution in [0.25, 0.3) is 23.5 Å². The van der Waals surface area contributed by atoms with Crippen molar-refractivity contribution in [2.24, 2.45) is 0 Å². The molecule has 3 aromatic rings. The third kappa shape index (κ3) is 3.51. The van der Waals surface area contributed by atoms with E-state index in [0.29, 0.717) is 23.8 Å². The lowest BCUT2D eigenvalue weighted by Crippen LogP contribution is -1.99. The minimum absolute atomic E-state index is 0.211. The summed E-state index contributed by atoms with van der Waals surface area (Å²) in [6, 6.07) is 15.5. The van der Waals surface area contributed by atoms with Crippen molar-refractivity contribution in [2.75, 3.05) is 6.26 Å². The van der Waals surface area contributed by atoms with Crippen LogP contribution < -0.4 is 0 Å². The number of para-hydroxylation sites is 1. The van der Waals surface area contributed by atoms with Gasteiger partial charge in [0.2, 0.25) is 0 Å². The molecule has 3 rings (SSSR count). The largest absolute Gasteiger partial charge is 0.507 e. The molecule has 0 bridgehead atoms. The molecule has 5 heteroatoms. The molecule has 0 radical (unpaired) electrons. The molecule has 0 atom stereocenters. The van der Waals surface area contributed by atoms with Gasteiger partial charge in [-0.25, -0.2) is 9.67 Å². The summed E-state index contributed by atoms with van der Waals surface area (Å²) >= 11 is 1.72. The Labute approximate surface area is 145 Å². The number of rotatable bonds is 5. The lowest BCUT2D eigenvalue weighted by atomic mass is 10.2. The van der Waals surface area contributed by atoms with Gasteiger partial charge in [0.15, 0.2) is 11.6 Å². The van der Waals surface area contributed by atoms with Crippen LogP contribution >= 0.6 is 11.8 Å². The Hall–Kier alpha value is -2.53. The number of phenols is 1.